The molecule has 0 spiro atoms. The lowest BCUT2D eigenvalue weighted by atomic mass is 10.1. The van der Waals surface area contributed by atoms with Crippen LogP contribution < -0.4 is 10.1 Å². The zero-order valence-corrected chi connectivity index (χ0v) is 15.7. The van der Waals surface area contributed by atoms with E-state index in [9.17, 15) is 4.39 Å². The molecule has 0 fully saturated rings. The highest BCUT2D eigenvalue weighted by Crippen LogP contribution is 2.34. The first kappa shape index (κ1) is 17.5. The van der Waals surface area contributed by atoms with Gasteiger partial charge in [0.2, 0.25) is 0 Å². The highest BCUT2D eigenvalue weighted by molar-refractivity contribution is 7.21. The molecular weight excluding hydrogens is 359 g/mol. The second-order valence-electron chi connectivity index (χ2n) is 6.09. The van der Waals surface area contributed by atoms with Gasteiger partial charge in [0.1, 0.15) is 23.9 Å². The summed E-state index contributed by atoms with van der Waals surface area (Å²) in [7, 11) is 1.91. The first-order chi connectivity index (χ1) is 13.3. The Morgan fingerprint density at radius 1 is 0.963 bits per heavy atom. The van der Waals surface area contributed by atoms with Crippen LogP contribution >= 0.6 is 11.3 Å². The molecule has 0 aliphatic rings. The van der Waals surface area contributed by atoms with Crippen LogP contribution in [-0.4, -0.2) is 25.3 Å². The van der Waals surface area contributed by atoms with E-state index >= 15 is 0 Å². The maximum Gasteiger partial charge on any atom is 0.124 e. The van der Waals surface area contributed by atoms with Crippen LogP contribution in [0.2, 0.25) is 0 Å². The molecule has 2 aromatic carbocycles. The first-order valence-corrected chi connectivity index (χ1v) is 9.56. The highest BCUT2D eigenvalue weighted by atomic mass is 32.1. The van der Waals surface area contributed by atoms with Crippen LogP contribution in [0.4, 0.5) is 10.1 Å². The zero-order valence-electron chi connectivity index (χ0n) is 14.9. The summed E-state index contributed by atoms with van der Waals surface area (Å²) in [6.07, 6.45) is 0. The molecule has 2 heterocycles. The third kappa shape index (κ3) is 3.78. The minimum atomic E-state index is -0.482. The molecule has 0 unspecified atom stereocenters. The van der Waals surface area contributed by atoms with Gasteiger partial charge in [0.05, 0.1) is 5.69 Å². The van der Waals surface area contributed by atoms with Crippen LogP contribution in [0.25, 0.3) is 31.9 Å². The molecule has 0 radical (unpaired) electrons. The number of alkyl halides is 1. The molecule has 0 aliphatic carbocycles. The Morgan fingerprint density at radius 2 is 1.70 bits per heavy atom. The van der Waals surface area contributed by atoms with Gasteiger partial charge in [0.15, 0.2) is 0 Å². The number of benzene rings is 2. The van der Waals surface area contributed by atoms with Crippen LogP contribution in [0.15, 0.2) is 66.7 Å². The summed E-state index contributed by atoms with van der Waals surface area (Å²) in [6, 6.07) is 22.3. The molecule has 3 nitrogen and oxygen atoms in total. The molecule has 0 saturated carbocycles. The number of pyridine rings is 1. The summed E-state index contributed by atoms with van der Waals surface area (Å²) in [5.74, 6) is 0.683. The van der Waals surface area contributed by atoms with Gasteiger partial charge in [-0.3, -0.25) is 0 Å². The average Bonchev–Trinajstić information content (AvgIpc) is 3.16. The summed E-state index contributed by atoms with van der Waals surface area (Å²) < 4.78 is 17.5. The molecule has 2 aromatic heterocycles. The minimum absolute atomic E-state index is 0.0875. The van der Waals surface area contributed by atoms with E-state index < -0.39 is 6.67 Å². The SMILES string of the molecule is CNc1ccc(-c2ccc3cc(-c4ccc(OCCF)cc4)sc3n2)cc1. The van der Waals surface area contributed by atoms with Crippen molar-refractivity contribution in [2.24, 2.45) is 0 Å². The number of nitrogens with zero attached hydrogens (tertiary/aromatic N) is 1. The molecule has 0 atom stereocenters. The van der Waals surface area contributed by atoms with E-state index in [-0.39, 0.29) is 6.61 Å². The van der Waals surface area contributed by atoms with Gasteiger partial charge in [-0.05, 0) is 60.2 Å². The molecular formula is C22H19FN2OS. The van der Waals surface area contributed by atoms with Crippen molar-refractivity contribution in [2.75, 3.05) is 25.6 Å². The normalized spacial score (nSPS) is 10.9. The summed E-state index contributed by atoms with van der Waals surface area (Å²) >= 11 is 1.67. The van der Waals surface area contributed by atoms with Crippen LogP contribution in [0.3, 0.4) is 0 Å². The molecule has 136 valence electrons. The number of aromatic nitrogens is 1. The van der Waals surface area contributed by atoms with Crippen LogP contribution in [0.1, 0.15) is 0 Å². The van der Waals surface area contributed by atoms with E-state index in [4.69, 9.17) is 9.72 Å². The third-order valence-corrected chi connectivity index (χ3v) is 5.43. The minimum Gasteiger partial charge on any atom is -0.491 e. The van der Waals surface area contributed by atoms with Gasteiger partial charge >= 0.3 is 0 Å². The van der Waals surface area contributed by atoms with Crippen LogP contribution in [0, 0.1) is 0 Å². The Morgan fingerprint density at radius 3 is 2.41 bits per heavy atom. The molecule has 4 aromatic rings. The maximum atomic E-state index is 12.2. The van der Waals surface area contributed by atoms with Gasteiger partial charge in [-0.25, -0.2) is 9.37 Å². The highest BCUT2D eigenvalue weighted by Gasteiger charge is 2.08. The van der Waals surface area contributed by atoms with Gasteiger partial charge in [0, 0.05) is 28.6 Å². The van der Waals surface area contributed by atoms with Crippen molar-refractivity contribution >= 4 is 27.2 Å². The lowest BCUT2D eigenvalue weighted by Crippen LogP contribution is -1.97. The lowest BCUT2D eigenvalue weighted by molar-refractivity contribution is 0.273. The molecule has 0 amide bonds. The third-order valence-electron chi connectivity index (χ3n) is 4.34. The van der Waals surface area contributed by atoms with E-state index in [1.807, 2.05) is 43.4 Å². The number of fused-ring (bicyclic) bond motifs is 1. The average molecular weight is 378 g/mol. The number of halogens is 1. The van der Waals surface area contributed by atoms with Crippen molar-refractivity contribution in [3.8, 4) is 27.4 Å². The second-order valence-corrected chi connectivity index (χ2v) is 7.12. The topological polar surface area (TPSA) is 34.1 Å². The van der Waals surface area contributed by atoms with Crippen molar-refractivity contribution < 1.29 is 9.13 Å². The van der Waals surface area contributed by atoms with Crippen molar-refractivity contribution in [2.45, 2.75) is 0 Å². The van der Waals surface area contributed by atoms with Gasteiger partial charge in [0.25, 0.3) is 0 Å². The monoisotopic (exact) mass is 378 g/mol. The smallest absolute Gasteiger partial charge is 0.124 e. The predicted molar refractivity (Wildman–Crippen MR) is 112 cm³/mol. The lowest BCUT2D eigenvalue weighted by Gasteiger charge is -2.04. The fourth-order valence-electron chi connectivity index (χ4n) is 2.90. The fraction of sp³-hybridized carbons (Fsp3) is 0.136. The number of hydrogen-bond donors (Lipinski definition) is 1. The largest absolute Gasteiger partial charge is 0.491 e. The molecule has 0 bridgehead atoms. The van der Waals surface area contributed by atoms with Gasteiger partial charge < -0.3 is 10.1 Å². The van der Waals surface area contributed by atoms with Gasteiger partial charge in [-0.15, -0.1) is 11.3 Å². The molecule has 0 aliphatic heterocycles. The zero-order chi connectivity index (χ0) is 18.6. The quantitative estimate of drug-likeness (QED) is 0.445. The van der Waals surface area contributed by atoms with Crippen molar-refractivity contribution in [1.82, 2.24) is 4.98 Å². The first-order valence-electron chi connectivity index (χ1n) is 8.75. The molecule has 27 heavy (non-hydrogen) atoms. The number of anilines is 1. The number of ether oxygens (including phenoxy) is 1. The number of hydrogen-bond acceptors (Lipinski definition) is 4. The predicted octanol–water partition coefficient (Wildman–Crippen LogP) is 6.02. The van der Waals surface area contributed by atoms with E-state index in [0.717, 1.165) is 37.6 Å². The fourth-order valence-corrected chi connectivity index (χ4v) is 3.94. The Kier molecular flexibility index (Phi) is 5.03. The summed E-state index contributed by atoms with van der Waals surface area (Å²) in [5, 5.41) is 4.25. The van der Waals surface area contributed by atoms with Crippen LogP contribution in [-0.2, 0) is 0 Å². The Hall–Kier alpha value is -2.92. The van der Waals surface area contributed by atoms with Gasteiger partial charge in [-0.2, -0.15) is 0 Å². The van der Waals surface area contributed by atoms with Crippen LogP contribution in [0.5, 0.6) is 5.75 Å². The number of rotatable bonds is 6. The summed E-state index contributed by atoms with van der Waals surface area (Å²) in [6.45, 7) is -0.395. The van der Waals surface area contributed by atoms with E-state index in [2.05, 4.69) is 35.6 Å². The molecule has 5 heteroatoms. The second kappa shape index (κ2) is 7.76. The molecule has 4 rings (SSSR count). The van der Waals surface area contributed by atoms with E-state index in [1.54, 1.807) is 11.3 Å². The Labute approximate surface area is 161 Å². The standard InChI is InChI=1S/C22H19FN2OS/c1-24-18-7-2-15(3-8-18)20-11-6-17-14-21(27-22(17)25-20)16-4-9-19(10-5-16)26-13-12-23/h2-11,14,24H,12-13H2,1H3. The van der Waals surface area contributed by atoms with Crippen molar-refractivity contribution in [3.05, 3.63) is 66.7 Å². The Balaban J connectivity index is 1.62. The van der Waals surface area contributed by atoms with Crippen molar-refractivity contribution in [1.29, 1.82) is 0 Å². The van der Waals surface area contributed by atoms with E-state index in [0.29, 0.717) is 5.75 Å². The summed E-state index contributed by atoms with van der Waals surface area (Å²) in [4.78, 5) is 7.00. The number of thiophene rings is 1. The maximum absolute atomic E-state index is 12.2. The number of nitrogens with one attached hydrogen (secondary N) is 1. The van der Waals surface area contributed by atoms with E-state index in [1.165, 1.54) is 0 Å². The molecule has 0 saturated heterocycles. The van der Waals surface area contributed by atoms with Crippen molar-refractivity contribution in [3.63, 3.8) is 0 Å². The summed E-state index contributed by atoms with van der Waals surface area (Å²) in [5.41, 5.74) is 4.25. The van der Waals surface area contributed by atoms with Gasteiger partial charge in [-0.1, -0.05) is 12.1 Å². The Bertz CT molecular complexity index is 1040. The molecule has 1 N–H and O–H groups in total.